The van der Waals surface area contributed by atoms with Gasteiger partial charge < -0.3 is 15.4 Å². The molecule has 15 heavy (non-hydrogen) atoms. The molecular formula is C11H13N3O. The van der Waals surface area contributed by atoms with Crippen molar-refractivity contribution >= 4 is 0 Å². The molecule has 0 unspecified atom stereocenters. The van der Waals surface area contributed by atoms with Crippen LogP contribution in [-0.4, -0.2) is 14.7 Å². The molecule has 0 fully saturated rings. The number of nitrogens with zero attached hydrogens (tertiary/aromatic N) is 2. The quantitative estimate of drug-likeness (QED) is 0.772. The molecule has 1 aromatic heterocycles. The molecule has 78 valence electrons. The van der Waals surface area contributed by atoms with E-state index >= 15 is 0 Å². The Morgan fingerprint density at radius 1 is 1.33 bits per heavy atom. The summed E-state index contributed by atoms with van der Waals surface area (Å²) in [6.07, 6.45) is 1.77. The Morgan fingerprint density at radius 2 is 2.00 bits per heavy atom. The molecule has 4 heteroatoms. The van der Waals surface area contributed by atoms with Gasteiger partial charge in [-0.3, -0.25) is 0 Å². The minimum absolute atomic E-state index is 0.256. The first-order valence-corrected chi connectivity index (χ1v) is 4.72. The third-order valence-corrected chi connectivity index (χ3v) is 2.42. The fourth-order valence-corrected chi connectivity index (χ4v) is 1.51. The molecule has 0 saturated carbocycles. The summed E-state index contributed by atoms with van der Waals surface area (Å²) in [5, 5.41) is 9.18. The lowest BCUT2D eigenvalue weighted by Crippen LogP contribution is -2.03. The number of imidazole rings is 1. The number of phenols is 1. The number of rotatable bonds is 2. The number of hydrogen-bond acceptors (Lipinski definition) is 3. The Kier molecular flexibility index (Phi) is 2.43. The van der Waals surface area contributed by atoms with Crippen molar-refractivity contribution in [1.29, 1.82) is 0 Å². The normalized spacial score (nSPS) is 10.5. The average Bonchev–Trinajstić information content (AvgIpc) is 2.61. The molecule has 0 aliphatic heterocycles. The Labute approximate surface area is 88.0 Å². The molecule has 0 aliphatic rings. The Balaban J connectivity index is 2.45. The van der Waals surface area contributed by atoms with Crippen LogP contribution in [0.2, 0.25) is 0 Å². The van der Waals surface area contributed by atoms with Crippen LogP contribution in [0.15, 0.2) is 30.5 Å². The van der Waals surface area contributed by atoms with Crippen LogP contribution in [0, 0.1) is 0 Å². The van der Waals surface area contributed by atoms with Gasteiger partial charge in [-0.25, -0.2) is 4.98 Å². The van der Waals surface area contributed by atoms with Crippen molar-refractivity contribution in [2.24, 2.45) is 12.8 Å². The van der Waals surface area contributed by atoms with E-state index in [-0.39, 0.29) is 5.75 Å². The molecule has 4 nitrogen and oxygen atoms in total. The summed E-state index contributed by atoms with van der Waals surface area (Å²) < 4.78 is 1.95. The van der Waals surface area contributed by atoms with Crippen LogP contribution in [-0.2, 0) is 13.6 Å². The number of aromatic nitrogens is 2. The SMILES string of the molecule is Cn1c(CN)cnc1-c1ccc(O)cc1. The second-order valence-corrected chi connectivity index (χ2v) is 3.38. The van der Waals surface area contributed by atoms with E-state index in [4.69, 9.17) is 5.73 Å². The van der Waals surface area contributed by atoms with Crippen LogP contribution in [0.5, 0.6) is 5.75 Å². The second kappa shape index (κ2) is 3.74. The third kappa shape index (κ3) is 1.71. The van der Waals surface area contributed by atoms with Crippen molar-refractivity contribution in [2.75, 3.05) is 0 Å². The highest BCUT2D eigenvalue weighted by molar-refractivity contribution is 5.57. The van der Waals surface area contributed by atoms with Gasteiger partial charge in [0, 0.05) is 19.2 Å². The standard InChI is InChI=1S/C11H13N3O/c1-14-9(6-12)7-13-11(14)8-2-4-10(15)5-3-8/h2-5,7,15H,6,12H2,1H3. The Morgan fingerprint density at radius 3 is 2.53 bits per heavy atom. The van der Waals surface area contributed by atoms with Crippen LogP contribution in [0.3, 0.4) is 0 Å². The van der Waals surface area contributed by atoms with E-state index in [2.05, 4.69) is 4.98 Å². The lowest BCUT2D eigenvalue weighted by molar-refractivity contribution is 0.475. The van der Waals surface area contributed by atoms with Gasteiger partial charge in [0.2, 0.25) is 0 Å². The Bertz CT molecular complexity index is 459. The van der Waals surface area contributed by atoms with Gasteiger partial charge in [0.1, 0.15) is 11.6 Å². The molecule has 1 heterocycles. The van der Waals surface area contributed by atoms with Gasteiger partial charge in [0.15, 0.2) is 0 Å². The predicted octanol–water partition coefficient (Wildman–Crippen LogP) is 1.25. The molecule has 0 saturated heterocycles. The van der Waals surface area contributed by atoms with E-state index in [1.807, 2.05) is 23.7 Å². The van der Waals surface area contributed by atoms with Crippen LogP contribution in [0.1, 0.15) is 5.69 Å². The maximum atomic E-state index is 9.18. The Hall–Kier alpha value is -1.81. The van der Waals surface area contributed by atoms with Crippen molar-refractivity contribution in [3.05, 3.63) is 36.2 Å². The van der Waals surface area contributed by atoms with Crippen molar-refractivity contribution in [3.8, 4) is 17.1 Å². The highest BCUT2D eigenvalue weighted by Gasteiger charge is 2.06. The van der Waals surface area contributed by atoms with Crippen LogP contribution in [0.4, 0.5) is 0 Å². The zero-order valence-corrected chi connectivity index (χ0v) is 8.51. The number of nitrogens with two attached hydrogens (primary N) is 1. The minimum Gasteiger partial charge on any atom is -0.508 e. The molecule has 0 bridgehead atoms. The number of aromatic hydroxyl groups is 1. The molecule has 0 atom stereocenters. The van der Waals surface area contributed by atoms with E-state index in [1.54, 1.807) is 18.3 Å². The topological polar surface area (TPSA) is 64.1 Å². The van der Waals surface area contributed by atoms with Gasteiger partial charge in [0.25, 0.3) is 0 Å². The molecule has 0 radical (unpaired) electrons. The maximum Gasteiger partial charge on any atom is 0.139 e. The lowest BCUT2D eigenvalue weighted by atomic mass is 10.2. The fraction of sp³-hybridized carbons (Fsp3) is 0.182. The highest BCUT2D eigenvalue weighted by atomic mass is 16.3. The number of hydrogen-bond donors (Lipinski definition) is 2. The summed E-state index contributed by atoms with van der Waals surface area (Å²) in [5.74, 6) is 1.11. The summed E-state index contributed by atoms with van der Waals surface area (Å²) in [6, 6.07) is 6.95. The summed E-state index contributed by atoms with van der Waals surface area (Å²) in [4.78, 5) is 4.29. The number of phenolic OH excluding ortho intramolecular Hbond substituents is 1. The van der Waals surface area contributed by atoms with Crippen molar-refractivity contribution in [1.82, 2.24) is 9.55 Å². The van der Waals surface area contributed by atoms with E-state index in [9.17, 15) is 5.11 Å². The van der Waals surface area contributed by atoms with Gasteiger partial charge in [-0.15, -0.1) is 0 Å². The smallest absolute Gasteiger partial charge is 0.139 e. The first kappa shape index (κ1) is 9.73. The molecule has 1 aromatic carbocycles. The molecule has 0 aliphatic carbocycles. The summed E-state index contributed by atoms with van der Waals surface area (Å²) in [7, 11) is 1.93. The molecule has 0 amide bonds. The molecule has 0 spiro atoms. The lowest BCUT2D eigenvalue weighted by Gasteiger charge is -2.04. The molecule has 2 aromatic rings. The average molecular weight is 203 g/mol. The van der Waals surface area contributed by atoms with Crippen LogP contribution >= 0.6 is 0 Å². The maximum absolute atomic E-state index is 9.18. The van der Waals surface area contributed by atoms with Crippen LogP contribution in [0.25, 0.3) is 11.4 Å². The van der Waals surface area contributed by atoms with Gasteiger partial charge >= 0.3 is 0 Å². The molecular weight excluding hydrogens is 190 g/mol. The van der Waals surface area contributed by atoms with E-state index in [1.165, 1.54) is 0 Å². The number of benzene rings is 1. The van der Waals surface area contributed by atoms with Gasteiger partial charge in [-0.1, -0.05) is 0 Å². The summed E-state index contributed by atoms with van der Waals surface area (Å²) >= 11 is 0. The van der Waals surface area contributed by atoms with E-state index in [0.29, 0.717) is 6.54 Å². The molecule has 2 rings (SSSR count). The first-order chi connectivity index (χ1) is 7.22. The van der Waals surface area contributed by atoms with Gasteiger partial charge in [-0.05, 0) is 24.3 Å². The zero-order chi connectivity index (χ0) is 10.8. The predicted molar refractivity (Wildman–Crippen MR) is 58.2 cm³/mol. The minimum atomic E-state index is 0.256. The fourth-order valence-electron chi connectivity index (χ4n) is 1.51. The van der Waals surface area contributed by atoms with Crippen molar-refractivity contribution < 1.29 is 5.11 Å². The molecule has 3 N–H and O–H groups in total. The van der Waals surface area contributed by atoms with Gasteiger partial charge in [-0.2, -0.15) is 0 Å². The van der Waals surface area contributed by atoms with E-state index in [0.717, 1.165) is 17.1 Å². The largest absolute Gasteiger partial charge is 0.508 e. The highest BCUT2D eigenvalue weighted by Crippen LogP contribution is 2.20. The third-order valence-electron chi connectivity index (χ3n) is 2.42. The summed E-state index contributed by atoms with van der Waals surface area (Å²) in [5.41, 5.74) is 7.52. The summed E-state index contributed by atoms with van der Waals surface area (Å²) in [6.45, 7) is 0.474. The van der Waals surface area contributed by atoms with Crippen molar-refractivity contribution in [2.45, 2.75) is 6.54 Å². The first-order valence-electron chi connectivity index (χ1n) is 4.72. The second-order valence-electron chi connectivity index (χ2n) is 3.38. The van der Waals surface area contributed by atoms with Gasteiger partial charge in [0.05, 0.1) is 11.9 Å². The van der Waals surface area contributed by atoms with Crippen LogP contribution < -0.4 is 5.73 Å². The van der Waals surface area contributed by atoms with Crippen molar-refractivity contribution in [3.63, 3.8) is 0 Å². The zero-order valence-electron chi connectivity index (χ0n) is 8.51. The van der Waals surface area contributed by atoms with E-state index < -0.39 is 0 Å². The monoisotopic (exact) mass is 203 g/mol.